The van der Waals surface area contributed by atoms with Gasteiger partial charge in [-0.05, 0) is 37.0 Å². The molecule has 0 aromatic heterocycles. The Morgan fingerprint density at radius 2 is 2.00 bits per heavy atom. The molecule has 0 amide bonds. The van der Waals surface area contributed by atoms with Crippen LogP contribution in [0.1, 0.15) is 31.7 Å². The third kappa shape index (κ3) is 4.98. The first kappa shape index (κ1) is 16.7. The molecule has 0 aliphatic heterocycles. The zero-order chi connectivity index (χ0) is 15.0. The van der Waals surface area contributed by atoms with Crippen LogP contribution in [-0.2, 0) is 16.6 Å². The average Bonchev–Trinajstić information content (AvgIpc) is 2.46. The van der Waals surface area contributed by atoms with Gasteiger partial charge in [0.05, 0.1) is 12.4 Å². The number of ether oxygens (including phenoxy) is 1. The van der Waals surface area contributed by atoms with Gasteiger partial charge in [0.15, 0.2) is 0 Å². The van der Waals surface area contributed by atoms with E-state index in [1.807, 2.05) is 31.2 Å². The molecule has 5 heteroatoms. The van der Waals surface area contributed by atoms with Gasteiger partial charge in [-0.15, -0.1) is 6.58 Å². The molecule has 0 saturated heterocycles. The van der Waals surface area contributed by atoms with E-state index in [1.165, 1.54) is 0 Å². The van der Waals surface area contributed by atoms with Crippen LogP contribution in [0, 0.1) is 0 Å². The topological polar surface area (TPSA) is 55.4 Å². The van der Waals surface area contributed by atoms with Crippen molar-refractivity contribution in [2.24, 2.45) is 0 Å². The maximum absolute atomic E-state index is 12.2. The van der Waals surface area contributed by atoms with Gasteiger partial charge in [-0.3, -0.25) is 0 Å². The van der Waals surface area contributed by atoms with Gasteiger partial charge in [0.1, 0.15) is 5.75 Å². The summed E-state index contributed by atoms with van der Waals surface area (Å²) < 4.78 is 32.1. The minimum atomic E-state index is -3.29. The standard InChI is InChI=1S/C15H23NO3S/c1-4-6-7-15(5-2)20(17,18)16-12-13-8-10-14(19-3)11-9-13/h4,8-11,15-16H,1,5-7,12H2,2-3H3. The minimum Gasteiger partial charge on any atom is -0.497 e. The quantitative estimate of drug-likeness (QED) is 0.713. The summed E-state index contributed by atoms with van der Waals surface area (Å²) >= 11 is 0. The van der Waals surface area contributed by atoms with Crippen LogP contribution >= 0.6 is 0 Å². The molecule has 0 heterocycles. The summed E-state index contributed by atoms with van der Waals surface area (Å²) in [5, 5.41) is -0.362. The molecule has 1 unspecified atom stereocenters. The monoisotopic (exact) mass is 297 g/mol. The Balaban J connectivity index is 2.62. The van der Waals surface area contributed by atoms with E-state index in [4.69, 9.17) is 4.74 Å². The minimum absolute atomic E-state index is 0.302. The molecule has 1 aromatic rings. The fraction of sp³-hybridized carbons (Fsp3) is 0.467. The van der Waals surface area contributed by atoms with Crippen molar-refractivity contribution in [3.8, 4) is 5.75 Å². The molecule has 0 bridgehead atoms. The smallest absolute Gasteiger partial charge is 0.214 e. The summed E-state index contributed by atoms with van der Waals surface area (Å²) in [6.07, 6.45) is 3.67. The first-order valence-electron chi connectivity index (χ1n) is 6.75. The van der Waals surface area contributed by atoms with E-state index < -0.39 is 10.0 Å². The zero-order valence-electron chi connectivity index (χ0n) is 12.1. The lowest BCUT2D eigenvalue weighted by Gasteiger charge is -2.16. The summed E-state index contributed by atoms with van der Waals surface area (Å²) in [7, 11) is -1.69. The Morgan fingerprint density at radius 1 is 1.35 bits per heavy atom. The van der Waals surface area contributed by atoms with Crippen molar-refractivity contribution in [2.75, 3.05) is 7.11 Å². The van der Waals surface area contributed by atoms with Crippen molar-refractivity contribution >= 4 is 10.0 Å². The molecular formula is C15H23NO3S. The molecule has 0 fully saturated rings. The van der Waals surface area contributed by atoms with Gasteiger partial charge in [0.25, 0.3) is 0 Å². The second-order valence-corrected chi connectivity index (χ2v) is 6.66. The zero-order valence-corrected chi connectivity index (χ0v) is 12.9. The maximum Gasteiger partial charge on any atom is 0.214 e. The van der Waals surface area contributed by atoms with Crippen molar-refractivity contribution in [2.45, 2.75) is 38.0 Å². The summed E-state index contributed by atoms with van der Waals surface area (Å²) in [6, 6.07) is 7.34. The van der Waals surface area contributed by atoms with Crippen molar-refractivity contribution in [3.05, 3.63) is 42.5 Å². The number of hydrogen-bond donors (Lipinski definition) is 1. The van der Waals surface area contributed by atoms with Gasteiger partial charge in [-0.1, -0.05) is 25.1 Å². The highest BCUT2D eigenvalue weighted by Crippen LogP contribution is 2.14. The number of nitrogens with one attached hydrogen (secondary N) is 1. The number of hydrogen-bond acceptors (Lipinski definition) is 3. The van der Waals surface area contributed by atoms with Gasteiger partial charge in [-0.2, -0.15) is 0 Å². The SMILES string of the molecule is C=CCCC(CC)S(=O)(=O)NCc1ccc(OC)cc1. The molecule has 0 spiro atoms. The van der Waals surface area contributed by atoms with Crippen molar-refractivity contribution in [1.29, 1.82) is 0 Å². The highest BCUT2D eigenvalue weighted by Gasteiger charge is 2.22. The molecule has 1 aromatic carbocycles. The van der Waals surface area contributed by atoms with Crippen LogP contribution in [0.2, 0.25) is 0 Å². The fourth-order valence-electron chi connectivity index (χ4n) is 1.93. The second-order valence-electron chi connectivity index (χ2n) is 4.61. The Labute approximate surface area is 121 Å². The molecule has 112 valence electrons. The highest BCUT2D eigenvalue weighted by atomic mass is 32.2. The predicted octanol–water partition coefficient (Wildman–Crippen LogP) is 2.86. The summed E-state index contributed by atoms with van der Waals surface area (Å²) in [6.45, 7) is 5.82. The van der Waals surface area contributed by atoms with Gasteiger partial charge >= 0.3 is 0 Å². The van der Waals surface area contributed by atoms with E-state index in [-0.39, 0.29) is 5.25 Å². The van der Waals surface area contributed by atoms with Crippen molar-refractivity contribution < 1.29 is 13.2 Å². The lowest BCUT2D eigenvalue weighted by molar-refractivity contribution is 0.414. The maximum atomic E-state index is 12.2. The van der Waals surface area contributed by atoms with Crippen LogP contribution in [0.3, 0.4) is 0 Å². The second kappa shape index (κ2) is 8.07. The Kier molecular flexibility index (Phi) is 6.75. The third-order valence-corrected chi connectivity index (χ3v) is 5.22. The molecule has 0 aliphatic carbocycles. The van der Waals surface area contributed by atoms with E-state index >= 15 is 0 Å². The van der Waals surface area contributed by atoms with Gasteiger partial charge in [-0.25, -0.2) is 13.1 Å². The van der Waals surface area contributed by atoms with Gasteiger partial charge in [0, 0.05) is 6.54 Å². The fourth-order valence-corrected chi connectivity index (χ4v) is 3.42. The molecule has 1 rings (SSSR count). The number of benzene rings is 1. The number of rotatable bonds is 9. The molecular weight excluding hydrogens is 274 g/mol. The lowest BCUT2D eigenvalue weighted by Crippen LogP contribution is -2.33. The number of methoxy groups -OCH3 is 1. The van der Waals surface area contributed by atoms with Crippen LogP contribution < -0.4 is 9.46 Å². The number of sulfonamides is 1. The van der Waals surface area contributed by atoms with Crippen molar-refractivity contribution in [1.82, 2.24) is 4.72 Å². The van der Waals surface area contributed by atoms with Crippen LogP contribution in [0.25, 0.3) is 0 Å². The molecule has 0 aliphatic rings. The van der Waals surface area contributed by atoms with Gasteiger partial charge < -0.3 is 4.74 Å². The normalized spacial score (nSPS) is 12.9. The Bertz CT molecular complexity index is 508. The first-order valence-corrected chi connectivity index (χ1v) is 8.30. The van der Waals surface area contributed by atoms with Crippen LogP contribution in [0.5, 0.6) is 5.75 Å². The molecule has 1 atom stereocenters. The summed E-state index contributed by atoms with van der Waals surface area (Å²) in [5.74, 6) is 0.758. The predicted molar refractivity (Wildman–Crippen MR) is 82.3 cm³/mol. The van der Waals surface area contributed by atoms with E-state index in [0.29, 0.717) is 25.8 Å². The van der Waals surface area contributed by atoms with E-state index in [1.54, 1.807) is 13.2 Å². The first-order chi connectivity index (χ1) is 9.53. The summed E-state index contributed by atoms with van der Waals surface area (Å²) in [4.78, 5) is 0. The van der Waals surface area contributed by atoms with Gasteiger partial charge in [0.2, 0.25) is 10.0 Å². The summed E-state index contributed by atoms with van der Waals surface area (Å²) in [5.41, 5.74) is 0.910. The Hall–Kier alpha value is -1.33. The lowest BCUT2D eigenvalue weighted by atomic mass is 10.2. The molecule has 0 saturated carbocycles. The third-order valence-electron chi connectivity index (χ3n) is 3.22. The van der Waals surface area contributed by atoms with E-state index in [9.17, 15) is 8.42 Å². The largest absolute Gasteiger partial charge is 0.497 e. The highest BCUT2D eigenvalue weighted by molar-refractivity contribution is 7.90. The Morgan fingerprint density at radius 3 is 2.50 bits per heavy atom. The molecule has 4 nitrogen and oxygen atoms in total. The average molecular weight is 297 g/mol. The number of allylic oxidation sites excluding steroid dienone is 1. The molecule has 1 N–H and O–H groups in total. The molecule has 20 heavy (non-hydrogen) atoms. The van der Waals surface area contributed by atoms with Crippen molar-refractivity contribution in [3.63, 3.8) is 0 Å². The van der Waals surface area contributed by atoms with Crippen LogP contribution in [0.15, 0.2) is 36.9 Å². The van der Waals surface area contributed by atoms with E-state index in [2.05, 4.69) is 11.3 Å². The van der Waals surface area contributed by atoms with Crippen LogP contribution in [-0.4, -0.2) is 20.8 Å². The van der Waals surface area contributed by atoms with E-state index in [0.717, 1.165) is 11.3 Å². The molecule has 0 radical (unpaired) electrons. The van der Waals surface area contributed by atoms with Crippen LogP contribution in [0.4, 0.5) is 0 Å².